The number of aromatic nitrogens is 2. The van der Waals surface area contributed by atoms with Gasteiger partial charge in [0, 0.05) is 17.7 Å². The number of rotatable bonds is 5. The van der Waals surface area contributed by atoms with Crippen molar-refractivity contribution in [3.05, 3.63) is 66.1 Å². The summed E-state index contributed by atoms with van der Waals surface area (Å²) in [6.45, 7) is 0. The van der Waals surface area contributed by atoms with Crippen LogP contribution in [0.2, 0.25) is 0 Å². The van der Waals surface area contributed by atoms with E-state index < -0.39 is 0 Å². The number of nitrogens with zero attached hydrogens (tertiary/aromatic N) is 2. The van der Waals surface area contributed by atoms with Crippen LogP contribution in [0.4, 0.5) is 5.69 Å². The van der Waals surface area contributed by atoms with Gasteiger partial charge in [-0.2, -0.15) is 4.98 Å². The summed E-state index contributed by atoms with van der Waals surface area (Å²) < 4.78 is 5.30. The van der Waals surface area contributed by atoms with Gasteiger partial charge in [0.1, 0.15) is 0 Å². The third-order valence-electron chi connectivity index (χ3n) is 3.37. The SMILES string of the molecule is Nc1ccccc1-c1noc(CCCc2ccccc2)n1. The standard InChI is InChI=1S/C17H17N3O/c18-15-11-5-4-10-14(15)17-19-16(21-20-17)12-6-9-13-7-2-1-3-8-13/h1-5,7-8,10-11H,6,9,12,18H2. The van der Waals surface area contributed by atoms with Crippen LogP contribution in [0.3, 0.4) is 0 Å². The maximum absolute atomic E-state index is 5.92. The highest BCUT2D eigenvalue weighted by Gasteiger charge is 2.10. The van der Waals surface area contributed by atoms with E-state index in [2.05, 4.69) is 34.4 Å². The fraction of sp³-hybridized carbons (Fsp3) is 0.176. The van der Waals surface area contributed by atoms with Gasteiger partial charge in [-0.05, 0) is 30.5 Å². The number of hydrogen-bond acceptors (Lipinski definition) is 4. The Bertz CT molecular complexity index is 707. The number of benzene rings is 2. The highest BCUT2D eigenvalue weighted by molar-refractivity contribution is 5.70. The van der Waals surface area contributed by atoms with Crippen molar-refractivity contribution in [2.45, 2.75) is 19.3 Å². The maximum Gasteiger partial charge on any atom is 0.226 e. The maximum atomic E-state index is 5.92. The van der Waals surface area contributed by atoms with Gasteiger partial charge in [-0.3, -0.25) is 0 Å². The normalized spacial score (nSPS) is 10.7. The Hall–Kier alpha value is -2.62. The van der Waals surface area contributed by atoms with E-state index in [1.54, 1.807) is 0 Å². The number of nitrogen functional groups attached to an aromatic ring is 1. The van der Waals surface area contributed by atoms with E-state index >= 15 is 0 Å². The second kappa shape index (κ2) is 6.22. The summed E-state index contributed by atoms with van der Waals surface area (Å²) in [6.07, 6.45) is 2.76. The molecule has 0 unspecified atom stereocenters. The third-order valence-corrected chi connectivity index (χ3v) is 3.37. The fourth-order valence-corrected chi connectivity index (χ4v) is 2.25. The molecule has 0 aliphatic carbocycles. The average molecular weight is 279 g/mol. The first-order valence-corrected chi connectivity index (χ1v) is 7.04. The number of aryl methyl sites for hydroxylation is 2. The molecule has 4 heteroatoms. The highest BCUT2D eigenvalue weighted by Crippen LogP contribution is 2.22. The molecule has 0 bridgehead atoms. The van der Waals surface area contributed by atoms with Gasteiger partial charge in [0.25, 0.3) is 0 Å². The van der Waals surface area contributed by atoms with Crippen molar-refractivity contribution < 1.29 is 4.52 Å². The Morgan fingerprint density at radius 1 is 0.905 bits per heavy atom. The summed E-state index contributed by atoms with van der Waals surface area (Å²) in [4.78, 5) is 4.41. The summed E-state index contributed by atoms with van der Waals surface area (Å²) >= 11 is 0. The Morgan fingerprint density at radius 2 is 1.67 bits per heavy atom. The molecule has 4 nitrogen and oxygen atoms in total. The molecule has 0 amide bonds. The smallest absolute Gasteiger partial charge is 0.226 e. The molecule has 0 saturated heterocycles. The van der Waals surface area contributed by atoms with Crippen LogP contribution in [0.5, 0.6) is 0 Å². The van der Waals surface area contributed by atoms with E-state index in [0.717, 1.165) is 24.8 Å². The predicted octanol–water partition coefficient (Wildman–Crippen LogP) is 3.49. The van der Waals surface area contributed by atoms with Crippen LogP contribution in [0, 0.1) is 0 Å². The molecule has 1 aromatic heterocycles. The lowest BCUT2D eigenvalue weighted by atomic mass is 10.1. The van der Waals surface area contributed by atoms with E-state index in [-0.39, 0.29) is 0 Å². The van der Waals surface area contributed by atoms with Crippen molar-refractivity contribution in [2.75, 3.05) is 5.73 Å². The van der Waals surface area contributed by atoms with Crippen molar-refractivity contribution in [3.63, 3.8) is 0 Å². The van der Waals surface area contributed by atoms with Gasteiger partial charge >= 0.3 is 0 Å². The molecular formula is C17H17N3O. The summed E-state index contributed by atoms with van der Waals surface area (Å²) in [5.74, 6) is 1.21. The van der Waals surface area contributed by atoms with E-state index in [1.165, 1.54) is 5.56 Å². The van der Waals surface area contributed by atoms with Gasteiger partial charge in [0.15, 0.2) is 0 Å². The third kappa shape index (κ3) is 3.28. The van der Waals surface area contributed by atoms with Crippen molar-refractivity contribution in [3.8, 4) is 11.4 Å². The van der Waals surface area contributed by atoms with Crippen molar-refractivity contribution in [2.24, 2.45) is 0 Å². The Labute approximate surface area is 123 Å². The Balaban J connectivity index is 1.62. The molecule has 3 rings (SSSR count). The molecule has 1 heterocycles. The molecule has 0 atom stereocenters. The number of nitrogens with two attached hydrogens (primary N) is 1. The van der Waals surface area contributed by atoms with Crippen molar-refractivity contribution in [1.29, 1.82) is 0 Å². The van der Waals surface area contributed by atoms with Crippen LogP contribution < -0.4 is 5.73 Å². The van der Waals surface area contributed by atoms with Crippen LogP contribution >= 0.6 is 0 Å². The molecular weight excluding hydrogens is 262 g/mol. The molecule has 2 aromatic carbocycles. The van der Waals surface area contributed by atoms with Gasteiger partial charge in [-0.1, -0.05) is 47.6 Å². The lowest BCUT2D eigenvalue weighted by Gasteiger charge is -1.99. The fourth-order valence-electron chi connectivity index (χ4n) is 2.25. The largest absolute Gasteiger partial charge is 0.398 e. The lowest BCUT2D eigenvalue weighted by molar-refractivity contribution is 0.376. The first kappa shape index (κ1) is 13.4. The molecule has 21 heavy (non-hydrogen) atoms. The first-order valence-electron chi connectivity index (χ1n) is 7.04. The molecule has 0 spiro atoms. The van der Waals surface area contributed by atoms with Gasteiger partial charge in [0.05, 0.1) is 0 Å². The Kier molecular flexibility index (Phi) is 3.96. The molecule has 106 valence electrons. The second-order valence-corrected chi connectivity index (χ2v) is 4.94. The summed E-state index contributed by atoms with van der Waals surface area (Å²) in [7, 11) is 0. The quantitative estimate of drug-likeness (QED) is 0.726. The molecule has 2 N–H and O–H groups in total. The van der Waals surface area contributed by atoms with Crippen LogP contribution in [0.1, 0.15) is 17.9 Å². The zero-order valence-electron chi connectivity index (χ0n) is 11.7. The van der Waals surface area contributed by atoms with Crippen molar-refractivity contribution >= 4 is 5.69 Å². The van der Waals surface area contributed by atoms with Gasteiger partial charge in [-0.15, -0.1) is 0 Å². The first-order chi connectivity index (χ1) is 10.3. The minimum atomic E-state index is 0.558. The molecule has 0 fully saturated rings. The number of hydrogen-bond donors (Lipinski definition) is 1. The zero-order valence-corrected chi connectivity index (χ0v) is 11.7. The minimum absolute atomic E-state index is 0.558. The molecule has 0 radical (unpaired) electrons. The summed E-state index contributed by atoms with van der Waals surface area (Å²) in [5, 5.41) is 4.01. The molecule has 0 aliphatic rings. The summed E-state index contributed by atoms with van der Waals surface area (Å²) in [6, 6.07) is 17.9. The predicted molar refractivity (Wildman–Crippen MR) is 82.6 cm³/mol. The lowest BCUT2D eigenvalue weighted by Crippen LogP contribution is -1.92. The van der Waals surface area contributed by atoms with Crippen LogP contribution in [0.15, 0.2) is 59.1 Å². The molecule has 0 aliphatic heterocycles. The van der Waals surface area contributed by atoms with Gasteiger partial charge in [-0.25, -0.2) is 0 Å². The van der Waals surface area contributed by atoms with Crippen LogP contribution in [-0.4, -0.2) is 10.1 Å². The topological polar surface area (TPSA) is 64.9 Å². The van der Waals surface area contributed by atoms with Gasteiger partial charge in [0.2, 0.25) is 11.7 Å². The zero-order chi connectivity index (χ0) is 14.5. The number of anilines is 1. The van der Waals surface area contributed by atoms with E-state index in [0.29, 0.717) is 17.4 Å². The summed E-state index contributed by atoms with van der Waals surface area (Å²) in [5.41, 5.74) is 8.72. The molecule has 3 aromatic rings. The van der Waals surface area contributed by atoms with Crippen LogP contribution in [-0.2, 0) is 12.8 Å². The number of para-hydroxylation sites is 1. The van der Waals surface area contributed by atoms with E-state index in [1.807, 2.05) is 30.3 Å². The second-order valence-electron chi connectivity index (χ2n) is 4.94. The molecule has 0 saturated carbocycles. The van der Waals surface area contributed by atoms with Crippen molar-refractivity contribution in [1.82, 2.24) is 10.1 Å². The highest BCUT2D eigenvalue weighted by atomic mass is 16.5. The van der Waals surface area contributed by atoms with E-state index in [9.17, 15) is 0 Å². The average Bonchev–Trinajstić information content (AvgIpc) is 2.97. The van der Waals surface area contributed by atoms with Gasteiger partial charge < -0.3 is 10.3 Å². The monoisotopic (exact) mass is 279 g/mol. The minimum Gasteiger partial charge on any atom is -0.398 e. The van der Waals surface area contributed by atoms with E-state index in [4.69, 9.17) is 10.3 Å². The Morgan fingerprint density at radius 3 is 2.48 bits per heavy atom. The van der Waals surface area contributed by atoms with Crippen LogP contribution in [0.25, 0.3) is 11.4 Å².